The molecule has 0 spiro atoms. The lowest BCUT2D eigenvalue weighted by molar-refractivity contribution is -0.137. The number of fused-ring (bicyclic) bond motifs is 1. The molecule has 31 heteroatoms. The van der Waals surface area contributed by atoms with E-state index in [0.29, 0.717) is 19.3 Å². The van der Waals surface area contributed by atoms with Crippen molar-refractivity contribution in [2.45, 2.75) is 89.1 Å². The number of nitrogens with zero attached hydrogens (tertiary/aromatic N) is 4. The van der Waals surface area contributed by atoms with Gasteiger partial charge in [0.1, 0.15) is 36.3 Å². The summed E-state index contributed by atoms with van der Waals surface area (Å²) in [6, 6.07) is 0. The van der Waals surface area contributed by atoms with Gasteiger partial charge in [0.05, 0.1) is 32.1 Å². The number of amides is 2. The van der Waals surface area contributed by atoms with Crippen LogP contribution in [-0.2, 0) is 55.5 Å². The molecule has 0 bridgehead atoms. The summed E-state index contributed by atoms with van der Waals surface area (Å²) >= 11 is 1.00. The van der Waals surface area contributed by atoms with Crippen LogP contribution in [-0.4, -0.2) is 145 Å². The van der Waals surface area contributed by atoms with Crippen molar-refractivity contribution < 1.29 is 95.5 Å². The molecule has 62 heavy (non-hydrogen) atoms. The first-order chi connectivity index (χ1) is 28.8. The molecule has 1 fully saturated rings. The highest BCUT2D eigenvalue weighted by atomic mass is 32.2. The van der Waals surface area contributed by atoms with Gasteiger partial charge < -0.3 is 61.1 Å². The van der Waals surface area contributed by atoms with Gasteiger partial charge in [0.25, 0.3) is 0 Å². The molecule has 1 aliphatic rings. The largest absolute Gasteiger partial charge is 0.481 e. The van der Waals surface area contributed by atoms with Gasteiger partial charge in [-0.2, -0.15) is 4.31 Å². The average Bonchev–Trinajstić information content (AvgIpc) is 3.73. The smallest absolute Gasteiger partial charge is 0.481 e. The Labute approximate surface area is 357 Å². The van der Waals surface area contributed by atoms with E-state index in [4.69, 9.17) is 24.6 Å². The Hall–Kier alpha value is -3.27. The van der Waals surface area contributed by atoms with E-state index in [1.54, 1.807) is 0 Å². The average molecular weight is 966 g/mol. The quantitative estimate of drug-likeness (QED) is 0.0309. The minimum atomic E-state index is -5.59. The zero-order valence-electron chi connectivity index (χ0n) is 33.1. The number of nitrogen functional groups attached to an aromatic ring is 1. The lowest BCUT2D eigenvalue weighted by Gasteiger charge is -2.30. The zero-order valence-corrected chi connectivity index (χ0v) is 36.6. The Kier molecular flexibility index (Phi) is 20.2. The highest BCUT2D eigenvalue weighted by molar-refractivity contribution is 8.13. The molecular formula is C31H50N7O20P3S. The minimum Gasteiger partial charge on any atom is -0.481 e. The molecule has 27 nitrogen and oxygen atoms in total. The molecule has 2 aromatic heterocycles. The first-order valence-electron chi connectivity index (χ1n) is 18.4. The lowest BCUT2D eigenvalue weighted by Crippen LogP contribution is -2.46. The van der Waals surface area contributed by atoms with Crippen molar-refractivity contribution in [3.63, 3.8) is 0 Å². The second-order valence-electron chi connectivity index (χ2n) is 14.1. The molecule has 3 rings (SSSR count). The van der Waals surface area contributed by atoms with Crippen LogP contribution in [0.2, 0.25) is 0 Å². The Morgan fingerprint density at radius 3 is 2.39 bits per heavy atom. The number of imidazole rings is 1. The number of anilines is 1. The standard InChI is InChI=1S/C31H50N7O20P3S/c1-31(2,26(45)29(46)34-11-10-20(40)33-12-13-62-22(43)9-4-3-6-18(39)7-5-8-21(41)42)15-55-61(52,53)58-60(50,51)54-14-19-25(57-59(47,48)49)24(44)30(56-19)38-17-37-23-27(32)35-16-36-28(23)38/h5,7,16-19,24-26,30,39,44-45H,3-4,6,8-15H2,1-2H3,(H,33,40)(H,34,46)(H,41,42)(H,50,51)(H,52,53)(H2,32,35,36)(H2,47,48,49)/b7-5+. The van der Waals surface area contributed by atoms with Gasteiger partial charge in [0.2, 0.25) is 11.8 Å². The zero-order chi connectivity index (χ0) is 46.5. The van der Waals surface area contributed by atoms with Crippen LogP contribution in [0.15, 0.2) is 24.8 Å². The van der Waals surface area contributed by atoms with Crippen molar-refractivity contribution in [1.29, 1.82) is 0 Å². The number of carboxylic acids is 1. The Bertz CT molecular complexity index is 2040. The van der Waals surface area contributed by atoms with E-state index in [1.165, 1.54) is 26.0 Å². The van der Waals surface area contributed by atoms with Gasteiger partial charge in [-0.05, 0) is 12.8 Å². The lowest BCUT2D eigenvalue weighted by atomic mass is 9.87. The van der Waals surface area contributed by atoms with Gasteiger partial charge in [-0.25, -0.2) is 28.6 Å². The normalized spacial score (nSPS) is 21.3. The number of carboxylic acid groups (broad SMARTS) is 1. The highest BCUT2D eigenvalue weighted by Gasteiger charge is 2.50. The number of aromatic nitrogens is 4. The topological polar surface area (TPSA) is 421 Å². The summed E-state index contributed by atoms with van der Waals surface area (Å²) in [7, 11) is -16.5. The van der Waals surface area contributed by atoms with Gasteiger partial charge >= 0.3 is 29.4 Å². The number of aliphatic hydroxyl groups is 3. The molecule has 0 saturated carbocycles. The maximum atomic E-state index is 12.7. The first-order valence-corrected chi connectivity index (χ1v) is 23.9. The predicted octanol–water partition coefficient (Wildman–Crippen LogP) is -0.383. The monoisotopic (exact) mass is 965 g/mol. The summed E-state index contributed by atoms with van der Waals surface area (Å²) in [5, 5.41) is 44.6. The molecule has 2 aromatic rings. The molecule has 2 amide bonds. The highest BCUT2D eigenvalue weighted by Crippen LogP contribution is 2.61. The van der Waals surface area contributed by atoms with Crippen molar-refractivity contribution in [3.8, 4) is 0 Å². The number of carbonyl (C=O) groups is 4. The van der Waals surface area contributed by atoms with E-state index in [-0.39, 0.29) is 60.2 Å². The molecule has 0 aromatic carbocycles. The third-order valence-electron chi connectivity index (χ3n) is 8.55. The van der Waals surface area contributed by atoms with E-state index in [2.05, 4.69) is 34.4 Å². The van der Waals surface area contributed by atoms with Crippen molar-refractivity contribution >= 4 is 75.1 Å². The molecule has 0 aliphatic carbocycles. The van der Waals surface area contributed by atoms with Crippen LogP contribution < -0.4 is 16.4 Å². The van der Waals surface area contributed by atoms with Gasteiger partial charge in [0, 0.05) is 37.1 Å². The van der Waals surface area contributed by atoms with Gasteiger partial charge in [-0.3, -0.25) is 37.3 Å². The Morgan fingerprint density at radius 2 is 1.71 bits per heavy atom. The molecule has 8 unspecified atom stereocenters. The maximum absolute atomic E-state index is 12.7. The number of rotatable bonds is 27. The van der Waals surface area contributed by atoms with Crippen LogP contribution in [0.3, 0.4) is 0 Å². The van der Waals surface area contributed by atoms with Crippen LogP contribution in [0.25, 0.3) is 11.2 Å². The number of nitrogens with one attached hydrogen (secondary N) is 2. The van der Waals surface area contributed by atoms with Crippen molar-refractivity contribution in [3.05, 3.63) is 24.8 Å². The summed E-state index contributed by atoms with van der Waals surface area (Å²) in [5.41, 5.74) is 4.21. The fourth-order valence-electron chi connectivity index (χ4n) is 5.41. The van der Waals surface area contributed by atoms with Crippen LogP contribution >= 0.6 is 35.2 Å². The fourth-order valence-corrected chi connectivity index (χ4v) is 8.96. The molecule has 3 heterocycles. The van der Waals surface area contributed by atoms with Crippen molar-refractivity contribution in [2.75, 3.05) is 37.8 Å². The number of ether oxygens (including phenoxy) is 1. The number of phosphoric ester groups is 3. The number of unbranched alkanes of at least 4 members (excludes halogenated alkanes) is 1. The number of nitrogens with two attached hydrogens (primary N) is 1. The van der Waals surface area contributed by atoms with E-state index >= 15 is 0 Å². The van der Waals surface area contributed by atoms with Gasteiger partial charge in [-0.1, -0.05) is 44.2 Å². The molecule has 12 N–H and O–H groups in total. The number of hydrogen-bond donors (Lipinski definition) is 11. The first kappa shape index (κ1) is 53.1. The summed E-state index contributed by atoms with van der Waals surface area (Å²) in [4.78, 5) is 98.3. The Morgan fingerprint density at radius 1 is 1.02 bits per heavy atom. The van der Waals surface area contributed by atoms with E-state index in [0.717, 1.165) is 29.0 Å². The molecule has 0 radical (unpaired) electrons. The number of hydrogen-bond acceptors (Lipinski definition) is 20. The van der Waals surface area contributed by atoms with E-state index in [9.17, 15) is 67.8 Å². The number of carbonyl (C=O) groups excluding carboxylic acids is 3. The van der Waals surface area contributed by atoms with Crippen molar-refractivity contribution in [1.82, 2.24) is 30.2 Å². The van der Waals surface area contributed by atoms with Crippen LogP contribution in [0.4, 0.5) is 5.82 Å². The SMILES string of the molecule is CC(C)(COP(=O)(O)OP(=O)(O)OCC1OC(n2cnc3c(N)ncnc32)C(O)C1OP(=O)(O)O)C(O)C(=O)NCCC(=O)NCCSC(=O)CCCCC(O)/C=C/CC(=O)O. The predicted molar refractivity (Wildman–Crippen MR) is 213 cm³/mol. The van der Waals surface area contributed by atoms with Crippen molar-refractivity contribution in [2.24, 2.45) is 5.41 Å². The fraction of sp³-hybridized carbons (Fsp3) is 0.645. The van der Waals surface area contributed by atoms with Crippen LogP contribution in [0, 0.1) is 5.41 Å². The summed E-state index contributed by atoms with van der Waals surface area (Å²) in [6.07, 6.45) is -3.66. The molecule has 350 valence electrons. The number of thioether (sulfide) groups is 1. The minimum absolute atomic E-state index is 0.0191. The molecular weight excluding hydrogens is 915 g/mol. The third kappa shape index (κ3) is 17.7. The van der Waals surface area contributed by atoms with Gasteiger partial charge in [0.15, 0.2) is 22.8 Å². The van der Waals surface area contributed by atoms with Crippen LogP contribution in [0.1, 0.15) is 58.6 Å². The third-order valence-corrected chi connectivity index (χ3v) is 12.6. The summed E-state index contributed by atoms with van der Waals surface area (Å²) in [6.45, 7) is 0.300. The molecule has 8 atom stereocenters. The number of aliphatic hydroxyl groups excluding tert-OH is 3. The summed E-state index contributed by atoms with van der Waals surface area (Å²) < 4.78 is 62.1. The van der Waals surface area contributed by atoms with Gasteiger partial charge in [-0.15, -0.1) is 0 Å². The number of phosphoric acid groups is 3. The summed E-state index contributed by atoms with van der Waals surface area (Å²) in [5.74, 6) is -2.29. The van der Waals surface area contributed by atoms with E-state index in [1.807, 2.05) is 0 Å². The molecule has 1 saturated heterocycles. The van der Waals surface area contributed by atoms with E-state index < -0.39 is 96.6 Å². The second-order valence-corrected chi connectivity index (χ2v) is 19.5. The number of aliphatic carboxylic acids is 1. The molecule has 1 aliphatic heterocycles. The second kappa shape index (κ2) is 23.6. The Balaban J connectivity index is 1.39. The van der Waals surface area contributed by atoms with Crippen LogP contribution in [0.5, 0.6) is 0 Å². The maximum Gasteiger partial charge on any atom is 0.481 e.